The Hall–Kier alpha value is -2.08. The van der Waals surface area contributed by atoms with Gasteiger partial charge in [-0.3, -0.25) is 4.79 Å². The second-order valence-electron chi connectivity index (χ2n) is 4.09. The van der Waals surface area contributed by atoms with Gasteiger partial charge in [0.25, 0.3) is 0 Å². The summed E-state index contributed by atoms with van der Waals surface area (Å²) in [4.78, 5) is 11.6. The zero-order valence-electron chi connectivity index (χ0n) is 10.5. The number of carbonyl (C=O) groups excluding carboxylic acids is 1. The third-order valence-corrected chi connectivity index (χ3v) is 3.31. The zero-order valence-corrected chi connectivity index (χ0v) is 12.1. The third kappa shape index (κ3) is 3.95. The molecule has 0 heterocycles. The topological polar surface area (TPSA) is 29.1 Å². The highest BCUT2D eigenvalue weighted by Crippen LogP contribution is 2.19. The molecule has 0 aliphatic rings. The summed E-state index contributed by atoms with van der Waals surface area (Å²) in [6.07, 6.45) is 2.68. The van der Waals surface area contributed by atoms with Crippen LogP contribution in [0.15, 0.2) is 46.9 Å². The van der Waals surface area contributed by atoms with E-state index >= 15 is 0 Å². The predicted molar refractivity (Wildman–Crippen MR) is 78.1 cm³/mol. The normalized spacial score (nSPS) is 10.9. The maximum Gasteiger partial charge on any atom is 0.248 e. The number of benzene rings is 2. The monoisotopic (exact) mass is 355 g/mol. The molecule has 1 N–H and O–H groups in total. The van der Waals surface area contributed by atoms with Gasteiger partial charge < -0.3 is 5.32 Å². The van der Waals surface area contributed by atoms with E-state index in [4.69, 9.17) is 0 Å². The number of rotatable bonds is 3. The van der Waals surface area contributed by atoms with E-state index in [0.29, 0.717) is 12.1 Å². The Kier molecular flexibility index (Phi) is 4.80. The van der Waals surface area contributed by atoms with Gasteiger partial charge in [-0.05, 0) is 17.7 Å². The molecule has 0 fully saturated rings. The molecule has 1 amide bonds. The van der Waals surface area contributed by atoms with E-state index in [1.165, 1.54) is 12.2 Å². The first-order chi connectivity index (χ1) is 9.97. The van der Waals surface area contributed by atoms with Crippen LogP contribution >= 0.6 is 15.9 Å². The van der Waals surface area contributed by atoms with Gasteiger partial charge in [0.1, 0.15) is 5.82 Å². The van der Waals surface area contributed by atoms with Crippen LogP contribution in [0.1, 0.15) is 5.56 Å². The summed E-state index contributed by atoms with van der Waals surface area (Å²) in [5.74, 6) is -4.25. The second kappa shape index (κ2) is 6.58. The van der Waals surface area contributed by atoms with Gasteiger partial charge in [-0.2, -0.15) is 0 Å². The maximum atomic E-state index is 13.4. The van der Waals surface area contributed by atoms with Gasteiger partial charge in [0, 0.05) is 22.7 Å². The van der Waals surface area contributed by atoms with E-state index in [-0.39, 0.29) is 0 Å². The van der Waals surface area contributed by atoms with Crippen molar-refractivity contribution in [3.63, 3.8) is 0 Å². The lowest BCUT2D eigenvalue weighted by molar-refractivity contribution is -0.111. The number of hydrogen-bond donors (Lipinski definition) is 1. The fraction of sp³-hybridized carbons (Fsp3) is 0. The Morgan fingerprint density at radius 3 is 2.43 bits per heavy atom. The highest BCUT2D eigenvalue weighted by molar-refractivity contribution is 9.10. The second-order valence-corrected chi connectivity index (χ2v) is 4.94. The van der Waals surface area contributed by atoms with Crippen LogP contribution < -0.4 is 5.32 Å². The van der Waals surface area contributed by atoms with Crippen molar-refractivity contribution < 1.29 is 18.0 Å². The molecule has 2 nitrogen and oxygen atoms in total. The molecule has 0 spiro atoms. The SMILES string of the molecule is O=C(/C=C/c1ccccc1Br)Nc1cc(F)c(F)cc1F. The van der Waals surface area contributed by atoms with Crippen molar-refractivity contribution in [1.82, 2.24) is 0 Å². The molecule has 0 unspecified atom stereocenters. The Labute approximate surface area is 127 Å². The Morgan fingerprint density at radius 2 is 1.71 bits per heavy atom. The minimum atomic E-state index is -1.31. The first-order valence-electron chi connectivity index (χ1n) is 5.85. The fourth-order valence-corrected chi connectivity index (χ4v) is 1.99. The largest absolute Gasteiger partial charge is 0.320 e. The number of amides is 1. The van der Waals surface area contributed by atoms with Gasteiger partial charge in [-0.1, -0.05) is 34.1 Å². The molecule has 0 aliphatic heterocycles. The summed E-state index contributed by atoms with van der Waals surface area (Å²) in [6, 6.07) is 8.14. The van der Waals surface area contributed by atoms with E-state index in [0.717, 1.165) is 10.0 Å². The van der Waals surface area contributed by atoms with Crippen LogP contribution in [0, 0.1) is 17.5 Å². The van der Waals surface area contributed by atoms with Crippen molar-refractivity contribution in [3.8, 4) is 0 Å². The molecule has 6 heteroatoms. The number of carbonyl (C=O) groups is 1. The number of hydrogen-bond acceptors (Lipinski definition) is 1. The Bertz CT molecular complexity index is 716. The lowest BCUT2D eigenvalue weighted by Crippen LogP contribution is -2.10. The van der Waals surface area contributed by atoms with E-state index in [9.17, 15) is 18.0 Å². The first-order valence-corrected chi connectivity index (χ1v) is 6.65. The molecule has 0 saturated carbocycles. The predicted octanol–water partition coefficient (Wildman–Crippen LogP) is 4.52. The molecule has 0 radical (unpaired) electrons. The molecule has 0 aliphatic carbocycles. The third-order valence-electron chi connectivity index (χ3n) is 2.59. The maximum absolute atomic E-state index is 13.4. The van der Waals surface area contributed by atoms with Crippen molar-refractivity contribution in [2.75, 3.05) is 5.32 Å². The van der Waals surface area contributed by atoms with Crippen molar-refractivity contribution in [2.24, 2.45) is 0 Å². The van der Waals surface area contributed by atoms with E-state index in [1.54, 1.807) is 18.2 Å². The molecule has 0 aromatic heterocycles. The Morgan fingerprint density at radius 1 is 1.05 bits per heavy atom. The van der Waals surface area contributed by atoms with Crippen LogP contribution in [0.25, 0.3) is 6.08 Å². The summed E-state index contributed by atoms with van der Waals surface area (Å²) in [5.41, 5.74) is 0.328. The van der Waals surface area contributed by atoms with Crippen molar-refractivity contribution in [2.45, 2.75) is 0 Å². The van der Waals surface area contributed by atoms with Crippen molar-refractivity contribution >= 4 is 33.6 Å². The number of anilines is 1. The lowest BCUT2D eigenvalue weighted by Gasteiger charge is -2.04. The molecule has 2 rings (SSSR count). The van der Waals surface area contributed by atoms with Crippen LogP contribution in [0.5, 0.6) is 0 Å². The van der Waals surface area contributed by atoms with Gasteiger partial charge in [0.05, 0.1) is 5.69 Å². The molecule has 0 bridgehead atoms. The van der Waals surface area contributed by atoms with Crippen LogP contribution in [0.3, 0.4) is 0 Å². The van der Waals surface area contributed by atoms with Gasteiger partial charge in [-0.25, -0.2) is 13.2 Å². The van der Waals surface area contributed by atoms with E-state index in [1.807, 2.05) is 6.07 Å². The van der Waals surface area contributed by atoms with Gasteiger partial charge >= 0.3 is 0 Å². The van der Waals surface area contributed by atoms with Crippen molar-refractivity contribution in [3.05, 3.63) is 70.0 Å². The fourth-order valence-electron chi connectivity index (χ4n) is 1.57. The molecule has 21 heavy (non-hydrogen) atoms. The molecule has 2 aromatic carbocycles. The molecular formula is C15H9BrF3NO. The minimum absolute atomic E-state index is 0.377. The summed E-state index contributed by atoms with van der Waals surface area (Å²) in [5, 5.41) is 2.15. The quantitative estimate of drug-likeness (QED) is 0.636. The summed E-state index contributed by atoms with van der Waals surface area (Å²) in [7, 11) is 0. The first kappa shape index (κ1) is 15.3. The Balaban J connectivity index is 2.12. The van der Waals surface area contributed by atoms with Gasteiger partial charge in [0.2, 0.25) is 5.91 Å². The summed E-state index contributed by atoms with van der Waals surface area (Å²) < 4.78 is 39.9. The molecule has 2 aromatic rings. The molecule has 108 valence electrons. The van der Waals surface area contributed by atoms with Crippen molar-refractivity contribution in [1.29, 1.82) is 0 Å². The van der Waals surface area contributed by atoms with Crippen LogP contribution in [0.2, 0.25) is 0 Å². The van der Waals surface area contributed by atoms with Gasteiger partial charge in [0.15, 0.2) is 11.6 Å². The standard InChI is InChI=1S/C15H9BrF3NO/c16-10-4-2-1-3-9(10)5-6-15(21)20-14-8-12(18)11(17)7-13(14)19/h1-8H,(H,20,21)/b6-5+. The smallest absolute Gasteiger partial charge is 0.248 e. The van der Waals surface area contributed by atoms with Crippen LogP contribution in [0.4, 0.5) is 18.9 Å². The highest BCUT2D eigenvalue weighted by atomic mass is 79.9. The number of nitrogens with one attached hydrogen (secondary N) is 1. The highest BCUT2D eigenvalue weighted by Gasteiger charge is 2.11. The minimum Gasteiger partial charge on any atom is -0.320 e. The van der Waals surface area contributed by atoms with E-state index < -0.39 is 29.0 Å². The molecular weight excluding hydrogens is 347 g/mol. The van der Waals surface area contributed by atoms with Crippen LogP contribution in [-0.4, -0.2) is 5.91 Å². The average Bonchev–Trinajstić information content (AvgIpc) is 2.44. The summed E-state index contributed by atoms with van der Waals surface area (Å²) in [6.45, 7) is 0. The molecule has 0 atom stereocenters. The molecule has 0 saturated heterocycles. The van der Waals surface area contributed by atoms with E-state index in [2.05, 4.69) is 21.2 Å². The summed E-state index contributed by atoms with van der Waals surface area (Å²) >= 11 is 3.31. The average molecular weight is 356 g/mol. The van der Waals surface area contributed by atoms with Gasteiger partial charge in [-0.15, -0.1) is 0 Å². The lowest BCUT2D eigenvalue weighted by atomic mass is 10.2. The van der Waals surface area contributed by atoms with Crippen LogP contribution in [-0.2, 0) is 4.79 Å². The number of halogens is 4. The zero-order chi connectivity index (χ0) is 15.4.